The monoisotopic (exact) mass is 950 g/mol. The summed E-state index contributed by atoms with van der Waals surface area (Å²) in [6.45, 7) is 16.5. The van der Waals surface area contributed by atoms with E-state index in [0.717, 1.165) is 21.6 Å². The Morgan fingerprint density at radius 2 is 1.67 bits per heavy atom. The van der Waals surface area contributed by atoms with Gasteiger partial charge in [0.05, 0.1) is 40.3 Å². The summed E-state index contributed by atoms with van der Waals surface area (Å²) in [5, 5.41) is 24.7. The summed E-state index contributed by atoms with van der Waals surface area (Å²) >= 11 is 1.58. The minimum atomic E-state index is -1.23. The van der Waals surface area contributed by atoms with E-state index in [4.69, 9.17) is 28.7 Å². The van der Waals surface area contributed by atoms with Gasteiger partial charge in [0.1, 0.15) is 28.8 Å². The number of amides is 1. The smallest absolute Gasteiger partial charge is 0.410 e. The number of Topliss-reactive ketones (excluding diaryl/α,β-unsaturated/α-hetero) is 1. The summed E-state index contributed by atoms with van der Waals surface area (Å²) in [5.41, 5.74) is -0.630. The van der Waals surface area contributed by atoms with Crippen molar-refractivity contribution in [2.24, 2.45) is 17.8 Å². The van der Waals surface area contributed by atoms with E-state index < -0.39 is 71.5 Å². The van der Waals surface area contributed by atoms with Gasteiger partial charge in [-0.25, -0.2) is 9.78 Å². The van der Waals surface area contributed by atoms with E-state index in [9.17, 15) is 19.5 Å². The number of methoxy groups -OCH3 is 1. The molecule has 0 saturated carbocycles. The van der Waals surface area contributed by atoms with E-state index in [2.05, 4.69) is 22.6 Å². The van der Waals surface area contributed by atoms with Crippen molar-refractivity contribution in [3.63, 3.8) is 0 Å². The third-order valence-electron chi connectivity index (χ3n) is 13.1. The van der Waals surface area contributed by atoms with Crippen LogP contribution in [0.25, 0.3) is 20.9 Å². The number of thiazole rings is 1. The standard InChI is InChI=1S/C44H67N7O9S.5CH4/c1-12-34-44(8)37(51(42(55)60-44)20-16-15-19-50-24-31(47-48-50)39-46-30-17-13-14-18-33(30)61-39)29(6)45-23-25(2)22-43(7,56-11)38(27(4)35(52)28(5)40(54)58-34)59-41-36(53)32(49(9)10)21-26(3)57-41;;;;;/h13-14,17-18,24-29,32,34,36-38,41,45,53H,12,15-16,19-23H2,1-11H3;5*1H4/t25-,26?,27-,28-,29-,32?,34-,36?,37-,38-,41+,43-,44-;;;;;/m1...../s1. The number of nitrogens with one attached hydrogen (secondary N) is 1. The number of unbranched alkanes of at least 4 members (excludes halogenated alkanes) is 1. The zero-order chi connectivity index (χ0) is 44.4. The van der Waals surface area contributed by atoms with Crippen LogP contribution in [0.4, 0.5) is 4.79 Å². The first kappa shape index (κ1) is 60.4. The Balaban J connectivity index is 0.00000436. The van der Waals surface area contributed by atoms with Crippen LogP contribution in [-0.2, 0) is 39.8 Å². The lowest BCUT2D eigenvalue weighted by atomic mass is 9.78. The number of aromatic nitrogens is 4. The van der Waals surface area contributed by atoms with Gasteiger partial charge in [-0.2, -0.15) is 0 Å². The highest BCUT2D eigenvalue weighted by atomic mass is 32.1. The van der Waals surface area contributed by atoms with Crippen LogP contribution < -0.4 is 5.32 Å². The minimum Gasteiger partial charge on any atom is -0.458 e. The van der Waals surface area contributed by atoms with Gasteiger partial charge in [0.2, 0.25) is 0 Å². The first-order valence-corrected chi connectivity index (χ1v) is 22.7. The number of esters is 1. The van der Waals surface area contributed by atoms with Gasteiger partial charge in [-0.3, -0.25) is 19.2 Å². The molecule has 2 aromatic heterocycles. The highest BCUT2D eigenvalue weighted by molar-refractivity contribution is 7.21. The summed E-state index contributed by atoms with van der Waals surface area (Å²) < 4.78 is 34.5. The Morgan fingerprint density at radius 1 is 1.00 bits per heavy atom. The van der Waals surface area contributed by atoms with Gasteiger partial charge >= 0.3 is 12.1 Å². The first-order valence-electron chi connectivity index (χ1n) is 21.8. The lowest BCUT2D eigenvalue weighted by Gasteiger charge is -2.46. The molecule has 13 atom stereocenters. The van der Waals surface area contributed by atoms with E-state index in [1.54, 1.807) is 41.9 Å². The Morgan fingerprint density at radius 3 is 2.30 bits per heavy atom. The number of carbonyl (C=O) groups is 3. The highest BCUT2D eigenvalue weighted by Gasteiger charge is 2.58. The molecule has 3 aliphatic rings. The van der Waals surface area contributed by atoms with Gasteiger partial charge in [0, 0.05) is 38.2 Å². The van der Waals surface area contributed by atoms with Crippen LogP contribution in [0.5, 0.6) is 0 Å². The summed E-state index contributed by atoms with van der Waals surface area (Å²) in [6.07, 6.45) is 0.226. The second-order valence-corrected chi connectivity index (χ2v) is 19.2. The molecule has 0 aliphatic carbocycles. The summed E-state index contributed by atoms with van der Waals surface area (Å²) in [6, 6.07) is 6.94. The molecule has 3 fully saturated rings. The number of likely N-dealkylation sites (N-methyl/N-ethyl adjacent to an activating group) is 1. The molecule has 3 aromatic rings. The minimum absolute atomic E-state index is 0. The van der Waals surface area contributed by atoms with Crippen molar-refractivity contribution in [3.8, 4) is 10.7 Å². The molecule has 378 valence electrons. The fraction of sp³-hybridized carbons (Fsp3) is 0.755. The van der Waals surface area contributed by atoms with Crippen molar-refractivity contribution < 1.29 is 43.2 Å². The number of ether oxygens (including phenoxy) is 5. The quantitative estimate of drug-likeness (QED) is 0.106. The number of aliphatic hydroxyl groups excluding tert-OH is 1. The van der Waals surface area contributed by atoms with Crippen LogP contribution in [0.1, 0.15) is 125 Å². The van der Waals surface area contributed by atoms with E-state index in [0.29, 0.717) is 51.0 Å². The van der Waals surface area contributed by atoms with E-state index in [1.807, 2.05) is 84.1 Å². The second-order valence-electron chi connectivity index (χ2n) is 18.1. The molecule has 3 unspecified atom stereocenters. The summed E-state index contributed by atoms with van der Waals surface area (Å²) in [4.78, 5) is 50.7. The third kappa shape index (κ3) is 12.7. The number of carbonyl (C=O) groups excluding carboxylic acids is 3. The fourth-order valence-corrected chi connectivity index (χ4v) is 10.6. The van der Waals surface area contributed by atoms with Gasteiger partial charge in [0.15, 0.2) is 17.7 Å². The average molecular weight is 950 g/mol. The zero-order valence-electron chi connectivity index (χ0n) is 37.7. The van der Waals surface area contributed by atoms with Gasteiger partial charge in [0.25, 0.3) is 0 Å². The number of nitrogens with zero attached hydrogens (tertiary/aromatic N) is 6. The van der Waals surface area contributed by atoms with E-state index in [1.165, 1.54) is 0 Å². The lowest BCUT2D eigenvalue weighted by molar-refractivity contribution is -0.295. The molecule has 0 spiro atoms. The Hall–Kier alpha value is -3.58. The van der Waals surface area contributed by atoms with Crippen molar-refractivity contribution in [1.82, 2.24) is 35.1 Å². The van der Waals surface area contributed by atoms with Crippen LogP contribution in [0.2, 0.25) is 0 Å². The fourth-order valence-electron chi connectivity index (χ4n) is 9.70. The predicted octanol–water partition coefficient (Wildman–Crippen LogP) is 8.49. The number of hydrogen-bond acceptors (Lipinski definition) is 15. The van der Waals surface area contributed by atoms with Crippen molar-refractivity contribution >= 4 is 39.4 Å². The van der Waals surface area contributed by atoms with E-state index in [-0.39, 0.29) is 61.2 Å². The number of ketones is 1. The second kappa shape index (κ2) is 25.2. The largest absolute Gasteiger partial charge is 0.458 e. The molecule has 0 radical (unpaired) electrons. The maximum absolute atomic E-state index is 14.4. The van der Waals surface area contributed by atoms with Crippen LogP contribution >= 0.6 is 11.3 Å². The van der Waals surface area contributed by atoms with E-state index >= 15 is 0 Å². The molecule has 1 amide bonds. The number of aliphatic hydroxyl groups is 1. The number of fused-ring (bicyclic) bond motifs is 2. The number of hydrogen-bond donors (Lipinski definition) is 2. The van der Waals surface area contributed by atoms with Gasteiger partial charge in [-0.15, -0.1) is 16.4 Å². The lowest BCUT2D eigenvalue weighted by Crippen LogP contribution is -2.61. The van der Waals surface area contributed by atoms with Gasteiger partial charge in [-0.05, 0) is 105 Å². The molecule has 17 heteroatoms. The molecule has 3 aliphatic heterocycles. The van der Waals surface area contributed by atoms with Crippen molar-refractivity contribution in [2.45, 2.75) is 191 Å². The first-order chi connectivity index (χ1) is 28.9. The molecule has 0 bridgehead atoms. The predicted molar refractivity (Wildman–Crippen MR) is 264 cm³/mol. The molecule has 2 N–H and O–H groups in total. The molecule has 6 rings (SSSR count). The molecule has 3 saturated heterocycles. The number of cyclic esters (lactones) is 1. The maximum atomic E-state index is 14.4. The molecule has 66 heavy (non-hydrogen) atoms. The Kier molecular flexibility index (Phi) is 23.0. The van der Waals surface area contributed by atoms with Crippen LogP contribution in [0.15, 0.2) is 30.5 Å². The maximum Gasteiger partial charge on any atom is 0.410 e. The highest BCUT2D eigenvalue weighted by Crippen LogP contribution is 2.40. The van der Waals surface area contributed by atoms with Crippen LogP contribution in [0, 0.1) is 17.8 Å². The average Bonchev–Trinajstić information content (AvgIpc) is 3.95. The normalized spacial score (nSPS) is 33.1. The molecule has 1 aromatic carbocycles. The molecule has 16 nitrogen and oxygen atoms in total. The Labute approximate surface area is 400 Å². The van der Waals surface area contributed by atoms with Crippen LogP contribution in [0.3, 0.4) is 0 Å². The topological polar surface area (TPSA) is 180 Å². The number of rotatable bonds is 11. The SMILES string of the molecule is C.C.C.C.C.CC[C@H]1OC(=O)[C@H](C)C(=O)[C@@H](C)[C@@H](O[C@@H]2OC(C)CC(N(C)C)C2O)[C@](C)(OC)C[C@@H](C)CN[C@H](C)[C@H]2N(CCCCn3cc(-c4nc5ccccc5s4)nn3)C(=O)O[C@]12C. The third-order valence-corrected chi connectivity index (χ3v) is 14.2. The number of para-hydroxylation sites is 1. The van der Waals surface area contributed by atoms with Crippen LogP contribution in [-0.4, -0.2) is 147 Å². The van der Waals surface area contributed by atoms with Crippen molar-refractivity contribution in [3.05, 3.63) is 30.5 Å². The van der Waals surface area contributed by atoms with Gasteiger partial charge < -0.3 is 39.0 Å². The summed E-state index contributed by atoms with van der Waals surface area (Å²) in [5.74, 6) is -3.16. The molecule has 5 heterocycles. The number of aryl methyl sites for hydroxylation is 1. The summed E-state index contributed by atoms with van der Waals surface area (Å²) in [7, 11) is 5.40. The number of benzene rings is 1. The van der Waals surface area contributed by atoms with Crippen molar-refractivity contribution in [1.29, 1.82) is 0 Å². The molecular formula is C49H87N7O9S. The van der Waals surface area contributed by atoms with Crippen molar-refractivity contribution in [2.75, 3.05) is 34.3 Å². The Bertz CT molecular complexity index is 1950. The zero-order valence-corrected chi connectivity index (χ0v) is 38.5. The molecular weight excluding hydrogens is 863 g/mol. The van der Waals surface area contributed by atoms with Gasteiger partial charge in [-0.1, -0.05) is 75.3 Å².